The van der Waals surface area contributed by atoms with Gasteiger partial charge in [-0.05, 0) is 29.3 Å². The van der Waals surface area contributed by atoms with E-state index >= 15 is 0 Å². The van der Waals surface area contributed by atoms with Crippen LogP contribution in [-0.4, -0.2) is 5.91 Å². The molecule has 0 heterocycles. The van der Waals surface area contributed by atoms with Gasteiger partial charge >= 0.3 is 6.18 Å². The predicted molar refractivity (Wildman–Crippen MR) is 73.9 cm³/mol. The van der Waals surface area contributed by atoms with Gasteiger partial charge in [0.25, 0.3) is 0 Å². The number of hydrogen-bond donors (Lipinski definition) is 1. The molecule has 21 heavy (non-hydrogen) atoms. The number of hydrogen-bond acceptors (Lipinski definition) is 1. The molecule has 1 atom stereocenters. The number of carbonyl (C=O) groups excluding carboxylic acids is 1. The topological polar surface area (TPSA) is 43.1 Å². The van der Waals surface area contributed by atoms with Crippen molar-refractivity contribution in [3.63, 3.8) is 0 Å². The summed E-state index contributed by atoms with van der Waals surface area (Å²) in [5, 5.41) is 0. The van der Waals surface area contributed by atoms with Gasteiger partial charge in [-0.2, -0.15) is 13.2 Å². The molecule has 1 amide bonds. The molecule has 0 fully saturated rings. The maximum absolute atomic E-state index is 12.6. The highest BCUT2D eigenvalue weighted by Crippen LogP contribution is 2.32. The molecule has 2 nitrogen and oxygen atoms in total. The van der Waals surface area contributed by atoms with Crippen LogP contribution in [0.2, 0.25) is 0 Å². The molecule has 2 aromatic rings. The molecule has 0 aromatic heterocycles. The van der Waals surface area contributed by atoms with Crippen LogP contribution < -0.4 is 5.73 Å². The van der Waals surface area contributed by atoms with Crippen LogP contribution in [0.3, 0.4) is 0 Å². The average molecular weight is 293 g/mol. The third kappa shape index (κ3) is 3.24. The van der Waals surface area contributed by atoms with E-state index in [1.807, 2.05) is 6.92 Å². The molecule has 2 aromatic carbocycles. The summed E-state index contributed by atoms with van der Waals surface area (Å²) in [5.74, 6) is -0.777. The summed E-state index contributed by atoms with van der Waals surface area (Å²) in [5.41, 5.74) is 6.40. The first-order chi connectivity index (χ1) is 9.80. The van der Waals surface area contributed by atoms with Crippen molar-refractivity contribution >= 4 is 5.91 Å². The molecule has 0 spiro atoms. The van der Waals surface area contributed by atoms with Crippen LogP contribution >= 0.6 is 0 Å². The Labute approximate surface area is 120 Å². The van der Waals surface area contributed by atoms with Crippen molar-refractivity contribution in [3.05, 3.63) is 70.8 Å². The predicted octanol–water partition coefficient (Wildman–Crippen LogP) is 3.96. The summed E-state index contributed by atoms with van der Waals surface area (Å²) >= 11 is 0. The van der Waals surface area contributed by atoms with E-state index in [9.17, 15) is 18.0 Å². The second-order valence-electron chi connectivity index (χ2n) is 4.79. The zero-order chi connectivity index (χ0) is 15.6. The van der Waals surface area contributed by atoms with E-state index in [1.165, 1.54) is 12.1 Å². The van der Waals surface area contributed by atoms with Gasteiger partial charge in [-0.1, -0.05) is 37.3 Å². The van der Waals surface area contributed by atoms with Gasteiger partial charge in [-0.15, -0.1) is 0 Å². The van der Waals surface area contributed by atoms with Gasteiger partial charge in [0.1, 0.15) is 0 Å². The summed E-state index contributed by atoms with van der Waals surface area (Å²) < 4.78 is 37.7. The molecule has 0 saturated carbocycles. The van der Waals surface area contributed by atoms with Crippen LogP contribution in [0.5, 0.6) is 0 Å². The van der Waals surface area contributed by atoms with Crippen LogP contribution in [0.4, 0.5) is 13.2 Å². The van der Waals surface area contributed by atoms with E-state index in [0.717, 1.165) is 12.1 Å². The molecule has 5 heteroatoms. The Hall–Kier alpha value is -2.30. The Bertz CT molecular complexity index is 647. The van der Waals surface area contributed by atoms with Crippen molar-refractivity contribution in [1.82, 2.24) is 0 Å². The van der Waals surface area contributed by atoms with Crippen molar-refractivity contribution in [3.8, 4) is 0 Å². The third-order valence-electron chi connectivity index (χ3n) is 3.43. The van der Waals surface area contributed by atoms with E-state index in [-0.39, 0.29) is 5.92 Å². The van der Waals surface area contributed by atoms with Crippen LogP contribution in [0.25, 0.3) is 0 Å². The smallest absolute Gasteiger partial charge is 0.366 e. The van der Waals surface area contributed by atoms with E-state index in [4.69, 9.17) is 5.73 Å². The minimum atomic E-state index is -4.35. The summed E-state index contributed by atoms with van der Waals surface area (Å²) in [6.45, 7) is 1.82. The summed E-state index contributed by atoms with van der Waals surface area (Å²) in [6, 6.07) is 11.8. The number of amides is 1. The molecule has 0 aliphatic rings. The van der Waals surface area contributed by atoms with E-state index in [2.05, 4.69) is 0 Å². The molecule has 0 unspecified atom stereocenters. The number of rotatable bonds is 3. The molecular formula is C16H14F3NO. The second-order valence-corrected chi connectivity index (χ2v) is 4.79. The van der Waals surface area contributed by atoms with Crippen molar-refractivity contribution < 1.29 is 18.0 Å². The summed E-state index contributed by atoms with van der Waals surface area (Å²) in [6.07, 6.45) is -4.35. The van der Waals surface area contributed by atoms with Gasteiger partial charge in [0, 0.05) is 11.5 Å². The van der Waals surface area contributed by atoms with Gasteiger partial charge in [0.05, 0.1) is 5.56 Å². The fourth-order valence-corrected chi connectivity index (χ4v) is 2.24. The first-order valence-corrected chi connectivity index (χ1v) is 6.36. The molecule has 0 saturated heterocycles. The van der Waals surface area contributed by atoms with Crippen molar-refractivity contribution in [2.75, 3.05) is 0 Å². The molecule has 0 aliphatic carbocycles. The van der Waals surface area contributed by atoms with Crippen molar-refractivity contribution in [2.24, 2.45) is 5.73 Å². The Morgan fingerprint density at radius 1 is 1.05 bits per heavy atom. The van der Waals surface area contributed by atoms with Gasteiger partial charge in [0.15, 0.2) is 0 Å². The number of carbonyl (C=O) groups is 1. The molecule has 2 N–H and O–H groups in total. The highest BCUT2D eigenvalue weighted by Gasteiger charge is 2.30. The van der Waals surface area contributed by atoms with Crippen molar-refractivity contribution in [2.45, 2.75) is 19.0 Å². The van der Waals surface area contributed by atoms with Crippen LogP contribution in [0.15, 0.2) is 48.5 Å². The summed E-state index contributed by atoms with van der Waals surface area (Å²) in [7, 11) is 0. The highest BCUT2D eigenvalue weighted by molar-refractivity contribution is 5.94. The average Bonchev–Trinajstić information content (AvgIpc) is 2.45. The zero-order valence-corrected chi connectivity index (χ0v) is 11.3. The number of nitrogens with two attached hydrogens (primary N) is 1. The number of halogens is 3. The standard InChI is InChI=1S/C16H14F3NO/c1-10(13-4-2-3-5-14(13)15(20)21)11-6-8-12(9-7-11)16(17,18)19/h2-10H,1H3,(H2,20,21)/t10-/m0/s1. The maximum Gasteiger partial charge on any atom is 0.416 e. The zero-order valence-electron chi connectivity index (χ0n) is 11.3. The minimum absolute atomic E-state index is 0.226. The lowest BCUT2D eigenvalue weighted by Crippen LogP contribution is -2.15. The van der Waals surface area contributed by atoms with Gasteiger partial charge in [0.2, 0.25) is 5.91 Å². The fourth-order valence-electron chi connectivity index (χ4n) is 2.24. The first-order valence-electron chi connectivity index (χ1n) is 6.36. The lowest BCUT2D eigenvalue weighted by atomic mass is 9.89. The quantitative estimate of drug-likeness (QED) is 0.914. The third-order valence-corrected chi connectivity index (χ3v) is 3.43. The van der Waals surface area contributed by atoms with Gasteiger partial charge in [-0.3, -0.25) is 4.79 Å². The fraction of sp³-hybridized carbons (Fsp3) is 0.188. The van der Waals surface area contributed by atoms with E-state index in [0.29, 0.717) is 16.7 Å². The number of benzene rings is 2. The molecular weight excluding hydrogens is 279 g/mol. The lowest BCUT2D eigenvalue weighted by molar-refractivity contribution is -0.137. The SMILES string of the molecule is C[C@@H](c1ccc(C(F)(F)F)cc1)c1ccccc1C(N)=O. The van der Waals surface area contributed by atoms with E-state index < -0.39 is 17.6 Å². The van der Waals surface area contributed by atoms with Crippen LogP contribution in [-0.2, 0) is 6.18 Å². The highest BCUT2D eigenvalue weighted by atomic mass is 19.4. The van der Waals surface area contributed by atoms with Crippen LogP contribution in [0.1, 0.15) is 39.9 Å². The normalized spacial score (nSPS) is 13.0. The minimum Gasteiger partial charge on any atom is -0.366 e. The first kappa shape index (κ1) is 15.1. The Kier molecular flexibility index (Phi) is 4.02. The molecule has 2 rings (SSSR count). The van der Waals surface area contributed by atoms with E-state index in [1.54, 1.807) is 24.3 Å². The van der Waals surface area contributed by atoms with Gasteiger partial charge < -0.3 is 5.73 Å². The number of primary amides is 1. The Morgan fingerprint density at radius 2 is 1.62 bits per heavy atom. The monoisotopic (exact) mass is 293 g/mol. The largest absolute Gasteiger partial charge is 0.416 e. The number of alkyl halides is 3. The van der Waals surface area contributed by atoms with Crippen molar-refractivity contribution in [1.29, 1.82) is 0 Å². The molecule has 0 radical (unpaired) electrons. The molecule has 0 aliphatic heterocycles. The molecule has 110 valence electrons. The lowest BCUT2D eigenvalue weighted by Gasteiger charge is -2.16. The Balaban J connectivity index is 2.37. The summed E-state index contributed by atoms with van der Waals surface area (Å²) in [4.78, 5) is 11.4. The van der Waals surface area contributed by atoms with Crippen LogP contribution in [0, 0.1) is 0 Å². The maximum atomic E-state index is 12.6. The second kappa shape index (κ2) is 5.60. The molecule has 0 bridgehead atoms. The Morgan fingerprint density at radius 3 is 2.14 bits per heavy atom. The van der Waals surface area contributed by atoms with Gasteiger partial charge in [-0.25, -0.2) is 0 Å².